The Bertz CT molecular complexity index is 3540. The summed E-state index contributed by atoms with van der Waals surface area (Å²) in [6.45, 7) is 0. The molecular formula is C52H30N2OS. The van der Waals surface area contributed by atoms with Crippen molar-refractivity contribution in [2.45, 2.75) is 0 Å². The number of rotatable bonds is 4. The summed E-state index contributed by atoms with van der Waals surface area (Å²) in [6, 6.07) is 65.0. The van der Waals surface area contributed by atoms with Crippen LogP contribution in [-0.2, 0) is 0 Å². The maximum absolute atomic E-state index is 6.51. The molecule has 0 aliphatic carbocycles. The highest BCUT2D eigenvalue weighted by molar-refractivity contribution is 7.26. The molecule has 0 atom stereocenters. The smallest absolute Gasteiger partial charge is 0.161 e. The summed E-state index contributed by atoms with van der Waals surface area (Å²) < 4.78 is 8.81. The van der Waals surface area contributed by atoms with E-state index in [0.717, 1.165) is 65.5 Å². The third-order valence-electron chi connectivity index (χ3n) is 11.3. The molecule has 0 amide bonds. The van der Waals surface area contributed by atoms with Gasteiger partial charge in [-0.2, -0.15) is 0 Å². The maximum atomic E-state index is 6.51. The van der Waals surface area contributed by atoms with Crippen LogP contribution in [0.3, 0.4) is 0 Å². The summed E-state index contributed by atoms with van der Waals surface area (Å²) >= 11 is 1.76. The van der Waals surface area contributed by atoms with E-state index >= 15 is 0 Å². The molecule has 56 heavy (non-hydrogen) atoms. The van der Waals surface area contributed by atoms with Gasteiger partial charge in [0, 0.05) is 32.0 Å². The normalized spacial score (nSPS) is 11.9. The van der Waals surface area contributed by atoms with Crippen LogP contribution in [0.5, 0.6) is 0 Å². The lowest BCUT2D eigenvalue weighted by Gasteiger charge is -2.12. The van der Waals surface area contributed by atoms with Crippen molar-refractivity contribution in [3.8, 4) is 44.9 Å². The largest absolute Gasteiger partial charge is 0.456 e. The third-order valence-corrected chi connectivity index (χ3v) is 12.4. The quantitative estimate of drug-likeness (QED) is 0.169. The van der Waals surface area contributed by atoms with Crippen LogP contribution in [0, 0.1) is 0 Å². The molecule has 12 aromatic rings. The van der Waals surface area contributed by atoms with Crippen LogP contribution in [-0.4, -0.2) is 9.97 Å². The van der Waals surface area contributed by atoms with Crippen molar-refractivity contribution in [1.29, 1.82) is 0 Å². The fourth-order valence-corrected chi connectivity index (χ4v) is 9.73. The number of thiophene rings is 1. The van der Waals surface area contributed by atoms with Crippen LogP contribution in [0.25, 0.3) is 119 Å². The number of aromatic nitrogens is 2. The highest BCUT2D eigenvalue weighted by Gasteiger charge is 2.20. The van der Waals surface area contributed by atoms with Gasteiger partial charge in [0.05, 0.1) is 15.9 Å². The molecule has 0 bridgehead atoms. The summed E-state index contributed by atoms with van der Waals surface area (Å²) in [4.78, 5) is 10.7. The maximum Gasteiger partial charge on any atom is 0.161 e. The summed E-state index contributed by atoms with van der Waals surface area (Å²) in [7, 11) is 0. The van der Waals surface area contributed by atoms with Crippen molar-refractivity contribution in [3.05, 3.63) is 182 Å². The third kappa shape index (κ3) is 4.83. The molecule has 0 saturated heterocycles. The molecule has 3 heterocycles. The number of hydrogen-bond donors (Lipinski definition) is 0. The van der Waals surface area contributed by atoms with Gasteiger partial charge in [0.25, 0.3) is 0 Å². The molecule has 12 rings (SSSR count). The van der Waals surface area contributed by atoms with Gasteiger partial charge < -0.3 is 4.42 Å². The van der Waals surface area contributed by atoms with Crippen molar-refractivity contribution in [3.63, 3.8) is 0 Å². The Balaban J connectivity index is 1.01. The SMILES string of the molecule is c1ccc2cc(-c3nc(-c4cccc5oc6ccc(-c7ccc(-c8cc9ccccc9c9ccccc89)cc7)cc6c45)nc4c3sc3ccccc34)ccc2c1. The van der Waals surface area contributed by atoms with Gasteiger partial charge in [0.2, 0.25) is 0 Å². The number of furan rings is 1. The lowest BCUT2D eigenvalue weighted by atomic mass is 9.92. The van der Waals surface area contributed by atoms with Gasteiger partial charge in [-0.1, -0.05) is 146 Å². The lowest BCUT2D eigenvalue weighted by Crippen LogP contribution is -1.94. The molecule has 0 saturated carbocycles. The fraction of sp³-hybridized carbons (Fsp3) is 0. The van der Waals surface area contributed by atoms with Crippen molar-refractivity contribution < 1.29 is 4.42 Å². The van der Waals surface area contributed by atoms with Crippen LogP contribution in [0.4, 0.5) is 0 Å². The van der Waals surface area contributed by atoms with Crippen LogP contribution >= 0.6 is 11.3 Å². The summed E-state index contributed by atoms with van der Waals surface area (Å²) in [5, 5.41) is 10.7. The zero-order valence-electron chi connectivity index (χ0n) is 30.0. The first kappa shape index (κ1) is 31.2. The highest BCUT2D eigenvalue weighted by atomic mass is 32.1. The van der Waals surface area contributed by atoms with Gasteiger partial charge in [-0.15, -0.1) is 11.3 Å². The molecular weight excluding hydrogens is 701 g/mol. The minimum Gasteiger partial charge on any atom is -0.456 e. The molecule has 0 aliphatic heterocycles. The van der Waals surface area contributed by atoms with E-state index in [1.54, 1.807) is 11.3 Å². The van der Waals surface area contributed by atoms with Gasteiger partial charge in [-0.25, -0.2) is 9.97 Å². The van der Waals surface area contributed by atoms with Gasteiger partial charge in [-0.3, -0.25) is 0 Å². The van der Waals surface area contributed by atoms with Gasteiger partial charge in [0.1, 0.15) is 11.2 Å². The van der Waals surface area contributed by atoms with E-state index in [1.165, 1.54) is 48.1 Å². The standard InChI is InChI=1S/C52H30N2OS/c1-2-11-34-28-37(25-22-31(34)10-1)49-51-50(41-16-7-8-19-47(41)56-51)54-52(53-49)42-17-9-18-46-48(42)44-29-35(26-27-45(44)55-46)32-20-23-33(24-21-32)43-30-36-12-3-4-13-38(36)39-14-5-6-15-40(39)43/h1-30H. The first-order valence-corrected chi connectivity index (χ1v) is 19.7. The topological polar surface area (TPSA) is 38.9 Å². The fourth-order valence-electron chi connectivity index (χ4n) is 8.57. The van der Waals surface area contributed by atoms with Crippen LogP contribution < -0.4 is 0 Å². The number of benzene rings is 9. The van der Waals surface area contributed by atoms with E-state index in [4.69, 9.17) is 14.4 Å². The average Bonchev–Trinajstić information content (AvgIpc) is 3.84. The molecule has 0 unspecified atom stereocenters. The van der Waals surface area contributed by atoms with E-state index < -0.39 is 0 Å². The molecule has 0 N–H and O–H groups in total. The highest BCUT2D eigenvalue weighted by Crippen LogP contribution is 2.43. The van der Waals surface area contributed by atoms with E-state index in [-0.39, 0.29) is 0 Å². The molecule has 3 nitrogen and oxygen atoms in total. The van der Waals surface area contributed by atoms with Crippen LogP contribution in [0.15, 0.2) is 186 Å². The number of fused-ring (bicyclic) bond motifs is 10. The van der Waals surface area contributed by atoms with Crippen LogP contribution in [0.2, 0.25) is 0 Å². The Morgan fingerprint density at radius 2 is 1.09 bits per heavy atom. The Hall–Kier alpha value is -7.14. The first-order valence-electron chi connectivity index (χ1n) is 18.9. The molecule has 0 radical (unpaired) electrons. The van der Waals surface area contributed by atoms with Crippen molar-refractivity contribution >= 4 is 85.9 Å². The van der Waals surface area contributed by atoms with Crippen molar-refractivity contribution in [2.24, 2.45) is 0 Å². The molecule has 4 heteroatoms. The Morgan fingerprint density at radius 1 is 0.393 bits per heavy atom. The van der Waals surface area contributed by atoms with Crippen molar-refractivity contribution in [2.75, 3.05) is 0 Å². The zero-order valence-corrected chi connectivity index (χ0v) is 30.8. The molecule has 0 fully saturated rings. The number of nitrogens with zero attached hydrogens (tertiary/aromatic N) is 2. The Morgan fingerprint density at radius 3 is 1.96 bits per heavy atom. The summed E-state index contributed by atoms with van der Waals surface area (Å²) in [5.41, 5.74) is 10.3. The van der Waals surface area contributed by atoms with E-state index in [2.05, 4.69) is 170 Å². The monoisotopic (exact) mass is 730 g/mol. The molecule has 0 aliphatic rings. The summed E-state index contributed by atoms with van der Waals surface area (Å²) in [6.07, 6.45) is 0. The Labute approximate surface area is 325 Å². The first-order chi connectivity index (χ1) is 27.7. The minimum absolute atomic E-state index is 0.690. The predicted molar refractivity (Wildman–Crippen MR) is 236 cm³/mol. The predicted octanol–water partition coefficient (Wildman–Crippen LogP) is 14.9. The van der Waals surface area contributed by atoms with Crippen molar-refractivity contribution in [1.82, 2.24) is 9.97 Å². The molecule has 9 aromatic carbocycles. The minimum atomic E-state index is 0.690. The molecule has 3 aromatic heterocycles. The average molecular weight is 731 g/mol. The van der Waals surface area contributed by atoms with Gasteiger partial charge >= 0.3 is 0 Å². The second-order valence-electron chi connectivity index (χ2n) is 14.5. The van der Waals surface area contributed by atoms with E-state index in [1.807, 2.05) is 12.1 Å². The van der Waals surface area contributed by atoms with Crippen LogP contribution in [0.1, 0.15) is 0 Å². The lowest BCUT2D eigenvalue weighted by molar-refractivity contribution is 0.669. The van der Waals surface area contributed by atoms with E-state index in [9.17, 15) is 0 Å². The molecule has 0 spiro atoms. The van der Waals surface area contributed by atoms with E-state index in [0.29, 0.717) is 5.82 Å². The molecule has 260 valence electrons. The van der Waals surface area contributed by atoms with Gasteiger partial charge in [0.15, 0.2) is 5.82 Å². The summed E-state index contributed by atoms with van der Waals surface area (Å²) in [5.74, 6) is 0.690. The second kappa shape index (κ2) is 12.2. The second-order valence-corrected chi connectivity index (χ2v) is 15.5. The Kier molecular flexibility index (Phi) is 6.80. The number of hydrogen-bond acceptors (Lipinski definition) is 4. The zero-order chi connectivity index (χ0) is 36.7. The van der Waals surface area contributed by atoms with Gasteiger partial charge in [-0.05, 0) is 91.0 Å².